The monoisotopic (exact) mass is 320 g/mol. The number of amides is 2. The second kappa shape index (κ2) is 7.13. The van der Waals surface area contributed by atoms with Crippen molar-refractivity contribution in [2.75, 3.05) is 5.32 Å². The van der Waals surface area contributed by atoms with Crippen molar-refractivity contribution in [3.8, 4) is 0 Å². The number of halogens is 1. The van der Waals surface area contributed by atoms with E-state index in [0.29, 0.717) is 16.5 Å². The first-order valence-corrected chi connectivity index (χ1v) is 7.19. The fourth-order valence-corrected chi connectivity index (χ4v) is 2.43. The van der Waals surface area contributed by atoms with Gasteiger partial charge in [0.05, 0.1) is 23.5 Å². The summed E-state index contributed by atoms with van der Waals surface area (Å²) in [6, 6.07) is 7.16. The van der Waals surface area contributed by atoms with Crippen molar-refractivity contribution in [1.29, 1.82) is 0 Å². The van der Waals surface area contributed by atoms with Gasteiger partial charge in [-0.2, -0.15) is 0 Å². The van der Waals surface area contributed by atoms with Gasteiger partial charge < -0.3 is 15.1 Å². The molecule has 6 heteroatoms. The van der Waals surface area contributed by atoms with Crippen LogP contribution in [0.5, 0.6) is 0 Å². The van der Waals surface area contributed by atoms with Gasteiger partial charge in [0.25, 0.3) is 0 Å². The number of rotatable bonds is 5. The van der Waals surface area contributed by atoms with Crippen LogP contribution in [0.25, 0.3) is 0 Å². The molecule has 0 atom stereocenters. The van der Waals surface area contributed by atoms with Crippen LogP contribution in [0.1, 0.15) is 23.3 Å². The molecule has 0 bridgehead atoms. The molecular weight excluding hydrogens is 304 g/mol. The fraction of sp³-hybridized carbons (Fsp3) is 0.250. The summed E-state index contributed by atoms with van der Waals surface area (Å²) in [5.41, 5.74) is 2.40. The highest BCUT2D eigenvalue weighted by Crippen LogP contribution is 2.27. The first-order chi connectivity index (χ1) is 10.5. The first-order valence-electron chi connectivity index (χ1n) is 6.81. The van der Waals surface area contributed by atoms with Gasteiger partial charge in [-0.3, -0.25) is 9.59 Å². The number of anilines is 1. The third kappa shape index (κ3) is 4.36. The number of aryl methyl sites for hydroxylation is 2. The van der Waals surface area contributed by atoms with E-state index >= 15 is 0 Å². The summed E-state index contributed by atoms with van der Waals surface area (Å²) in [4.78, 5) is 23.6. The standard InChI is InChI=1S/C16H17ClN2O3/c1-10-6-11(2)16(13(17)7-10)19-15(21)8-14(20)18-9-12-4-3-5-22-12/h3-7H,8-9H2,1-2H3,(H,18,20)(H,19,21). The maximum Gasteiger partial charge on any atom is 0.233 e. The van der Waals surface area contributed by atoms with E-state index in [1.165, 1.54) is 6.26 Å². The Balaban J connectivity index is 1.89. The zero-order valence-corrected chi connectivity index (χ0v) is 13.2. The Morgan fingerprint density at radius 3 is 2.64 bits per heavy atom. The van der Waals surface area contributed by atoms with Crippen molar-refractivity contribution in [3.05, 3.63) is 52.4 Å². The predicted octanol–water partition coefficient (Wildman–Crippen LogP) is 3.19. The Morgan fingerprint density at radius 1 is 1.23 bits per heavy atom. The first kappa shape index (κ1) is 16.1. The van der Waals surface area contributed by atoms with Crippen molar-refractivity contribution >= 4 is 29.1 Å². The maximum absolute atomic E-state index is 11.9. The van der Waals surface area contributed by atoms with E-state index in [4.69, 9.17) is 16.0 Å². The number of benzene rings is 1. The lowest BCUT2D eigenvalue weighted by Gasteiger charge is -2.11. The molecule has 0 spiro atoms. The molecule has 2 N–H and O–H groups in total. The molecule has 0 saturated carbocycles. The minimum atomic E-state index is -0.411. The Kier molecular flexibility index (Phi) is 5.22. The largest absolute Gasteiger partial charge is 0.467 e. The van der Waals surface area contributed by atoms with Crippen LogP contribution < -0.4 is 10.6 Å². The van der Waals surface area contributed by atoms with Gasteiger partial charge in [-0.25, -0.2) is 0 Å². The van der Waals surface area contributed by atoms with Gasteiger partial charge in [-0.15, -0.1) is 0 Å². The average molecular weight is 321 g/mol. The molecule has 0 radical (unpaired) electrons. The van der Waals surface area contributed by atoms with Crippen molar-refractivity contribution < 1.29 is 14.0 Å². The lowest BCUT2D eigenvalue weighted by molar-refractivity contribution is -0.127. The van der Waals surface area contributed by atoms with E-state index in [-0.39, 0.29) is 18.9 Å². The summed E-state index contributed by atoms with van der Waals surface area (Å²) in [5.74, 6) is -0.160. The molecule has 0 unspecified atom stereocenters. The summed E-state index contributed by atoms with van der Waals surface area (Å²) >= 11 is 6.12. The summed E-state index contributed by atoms with van der Waals surface area (Å²) < 4.78 is 5.09. The summed E-state index contributed by atoms with van der Waals surface area (Å²) in [6.45, 7) is 4.03. The Morgan fingerprint density at radius 2 is 2.00 bits per heavy atom. The minimum Gasteiger partial charge on any atom is -0.467 e. The summed E-state index contributed by atoms with van der Waals surface area (Å²) in [7, 11) is 0. The SMILES string of the molecule is Cc1cc(C)c(NC(=O)CC(=O)NCc2ccco2)c(Cl)c1. The highest BCUT2D eigenvalue weighted by atomic mass is 35.5. The quantitative estimate of drug-likeness (QED) is 0.831. The van der Waals surface area contributed by atoms with Crippen LogP contribution in [0.3, 0.4) is 0 Å². The number of carbonyl (C=O) groups excluding carboxylic acids is 2. The van der Waals surface area contributed by atoms with Gasteiger partial charge in [-0.1, -0.05) is 17.7 Å². The molecule has 1 aromatic heterocycles. The lowest BCUT2D eigenvalue weighted by atomic mass is 10.1. The summed E-state index contributed by atoms with van der Waals surface area (Å²) in [6.07, 6.45) is 1.25. The molecule has 2 aromatic rings. The van der Waals surface area contributed by atoms with Crippen LogP contribution in [-0.4, -0.2) is 11.8 Å². The predicted molar refractivity (Wildman–Crippen MR) is 84.7 cm³/mol. The van der Waals surface area contributed by atoms with Crippen molar-refractivity contribution in [2.45, 2.75) is 26.8 Å². The molecule has 116 valence electrons. The Labute approximate surface area is 133 Å². The van der Waals surface area contributed by atoms with E-state index in [0.717, 1.165) is 11.1 Å². The minimum absolute atomic E-state index is 0.253. The third-order valence-electron chi connectivity index (χ3n) is 3.06. The van der Waals surface area contributed by atoms with Gasteiger partial charge in [0.1, 0.15) is 12.2 Å². The van der Waals surface area contributed by atoms with Gasteiger partial charge in [0.2, 0.25) is 11.8 Å². The smallest absolute Gasteiger partial charge is 0.233 e. The highest BCUT2D eigenvalue weighted by Gasteiger charge is 2.13. The Hall–Kier alpha value is -2.27. The van der Waals surface area contributed by atoms with Crippen molar-refractivity contribution in [1.82, 2.24) is 5.32 Å². The van der Waals surface area contributed by atoms with Crippen LogP contribution in [0.2, 0.25) is 5.02 Å². The molecular formula is C16H17ClN2O3. The van der Waals surface area contributed by atoms with Crippen LogP contribution in [0, 0.1) is 13.8 Å². The average Bonchev–Trinajstić information content (AvgIpc) is 2.94. The second-order valence-corrected chi connectivity index (χ2v) is 5.43. The molecule has 0 aliphatic carbocycles. The molecule has 22 heavy (non-hydrogen) atoms. The van der Waals surface area contributed by atoms with Crippen LogP contribution in [0.4, 0.5) is 5.69 Å². The number of furan rings is 1. The van der Waals surface area contributed by atoms with E-state index in [9.17, 15) is 9.59 Å². The number of nitrogens with one attached hydrogen (secondary N) is 2. The normalized spacial score (nSPS) is 10.3. The molecule has 1 aromatic carbocycles. The molecule has 0 fully saturated rings. The Bertz CT molecular complexity index is 658. The van der Waals surface area contributed by atoms with Crippen molar-refractivity contribution in [3.63, 3.8) is 0 Å². The highest BCUT2D eigenvalue weighted by molar-refractivity contribution is 6.34. The van der Waals surface area contributed by atoms with Crippen LogP contribution in [-0.2, 0) is 16.1 Å². The fourth-order valence-electron chi connectivity index (χ4n) is 2.06. The van der Waals surface area contributed by atoms with E-state index in [1.54, 1.807) is 18.2 Å². The van der Waals surface area contributed by atoms with Gasteiger partial charge in [0.15, 0.2) is 0 Å². The maximum atomic E-state index is 11.9. The zero-order chi connectivity index (χ0) is 16.1. The van der Waals surface area contributed by atoms with Crippen LogP contribution in [0.15, 0.2) is 34.9 Å². The van der Waals surface area contributed by atoms with Gasteiger partial charge >= 0.3 is 0 Å². The zero-order valence-electron chi connectivity index (χ0n) is 12.4. The van der Waals surface area contributed by atoms with Crippen LogP contribution >= 0.6 is 11.6 Å². The van der Waals surface area contributed by atoms with E-state index < -0.39 is 5.91 Å². The lowest BCUT2D eigenvalue weighted by Crippen LogP contribution is -2.27. The molecule has 2 amide bonds. The molecule has 0 aliphatic rings. The molecule has 0 saturated heterocycles. The molecule has 0 aliphatic heterocycles. The van der Waals surface area contributed by atoms with Gasteiger partial charge in [-0.05, 0) is 43.2 Å². The number of hydrogen-bond donors (Lipinski definition) is 2. The second-order valence-electron chi connectivity index (χ2n) is 5.02. The molecule has 1 heterocycles. The summed E-state index contributed by atoms with van der Waals surface area (Å²) in [5, 5.41) is 5.75. The van der Waals surface area contributed by atoms with Crippen molar-refractivity contribution in [2.24, 2.45) is 0 Å². The van der Waals surface area contributed by atoms with Gasteiger partial charge in [0, 0.05) is 0 Å². The van der Waals surface area contributed by atoms with E-state index in [2.05, 4.69) is 10.6 Å². The molecule has 5 nitrogen and oxygen atoms in total. The molecule has 2 rings (SSSR count). The number of hydrogen-bond acceptors (Lipinski definition) is 3. The third-order valence-corrected chi connectivity index (χ3v) is 3.36. The van der Waals surface area contributed by atoms with E-state index in [1.807, 2.05) is 19.9 Å². The topological polar surface area (TPSA) is 71.3 Å². The number of carbonyl (C=O) groups is 2.